The summed E-state index contributed by atoms with van der Waals surface area (Å²) in [5.74, 6) is 0.0892. The Hall–Kier alpha value is -1.50. The van der Waals surface area contributed by atoms with Gasteiger partial charge in [-0.1, -0.05) is 11.6 Å². The molecule has 3 N–H and O–H groups in total. The molecule has 0 atom stereocenters. The number of rotatable bonds is 7. The zero-order valence-electron chi connectivity index (χ0n) is 16.6. The van der Waals surface area contributed by atoms with Gasteiger partial charge in [-0.25, -0.2) is 9.98 Å². The summed E-state index contributed by atoms with van der Waals surface area (Å²) in [7, 11) is 0. The summed E-state index contributed by atoms with van der Waals surface area (Å²) in [6.07, 6.45) is -3.86. The minimum Gasteiger partial charge on any atom is -0.475 e. The molecule has 1 amide bonds. The summed E-state index contributed by atoms with van der Waals surface area (Å²) >= 11 is 5.78. The first-order chi connectivity index (χ1) is 12.9. The smallest absolute Gasteiger partial charge is 0.417 e. The molecule has 0 aliphatic heterocycles. The van der Waals surface area contributed by atoms with Crippen LogP contribution >= 0.6 is 35.6 Å². The van der Waals surface area contributed by atoms with Crippen LogP contribution in [0, 0.1) is 0 Å². The summed E-state index contributed by atoms with van der Waals surface area (Å²) in [5.41, 5.74) is -1.29. The third-order valence-electron chi connectivity index (χ3n) is 3.01. The maximum atomic E-state index is 12.6. The topological polar surface area (TPSA) is 87.6 Å². The highest BCUT2D eigenvalue weighted by molar-refractivity contribution is 14.0. The van der Waals surface area contributed by atoms with Crippen LogP contribution in [0.2, 0.25) is 5.02 Å². The van der Waals surface area contributed by atoms with Gasteiger partial charge < -0.3 is 20.7 Å². The van der Waals surface area contributed by atoms with Gasteiger partial charge in [-0.2, -0.15) is 13.2 Å². The van der Waals surface area contributed by atoms with Gasteiger partial charge in [0.1, 0.15) is 18.2 Å². The third-order valence-corrected chi connectivity index (χ3v) is 3.28. The van der Waals surface area contributed by atoms with Crippen LogP contribution in [0.4, 0.5) is 13.2 Å². The molecule has 1 rings (SSSR count). The largest absolute Gasteiger partial charge is 0.475 e. The van der Waals surface area contributed by atoms with Gasteiger partial charge in [0, 0.05) is 18.3 Å². The van der Waals surface area contributed by atoms with Crippen LogP contribution in [0.15, 0.2) is 17.3 Å². The number of nitrogens with one attached hydrogen (secondary N) is 3. The molecule has 1 aromatic rings. The van der Waals surface area contributed by atoms with Crippen LogP contribution < -0.4 is 20.7 Å². The van der Waals surface area contributed by atoms with Gasteiger partial charge in [-0.15, -0.1) is 24.0 Å². The Bertz CT molecular complexity index is 697. The Morgan fingerprint density at radius 2 is 1.93 bits per heavy atom. The molecule has 0 saturated carbocycles. The van der Waals surface area contributed by atoms with Crippen LogP contribution in [-0.4, -0.2) is 48.6 Å². The van der Waals surface area contributed by atoms with Gasteiger partial charge in [-0.3, -0.25) is 4.79 Å². The van der Waals surface area contributed by atoms with Crippen molar-refractivity contribution in [2.24, 2.45) is 4.99 Å². The van der Waals surface area contributed by atoms with Crippen molar-refractivity contribution >= 4 is 47.4 Å². The molecular formula is C17H26ClF3IN5O2. The van der Waals surface area contributed by atoms with Crippen molar-refractivity contribution in [2.75, 3.05) is 26.2 Å². The maximum absolute atomic E-state index is 12.6. The molecule has 0 unspecified atom stereocenters. The van der Waals surface area contributed by atoms with E-state index in [1.807, 2.05) is 27.7 Å². The van der Waals surface area contributed by atoms with Crippen molar-refractivity contribution in [3.8, 4) is 5.88 Å². The second-order valence-corrected chi connectivity index (χ2v) is 7.18. The first-order valence-corrected chi connectivity index (χ1v) is 8.99. The van der Waals surface area contributed by atoms with E-state index < -0.39 is 11.7 Å². The number of guanidine groups is 1. The lowest BCUT2D eigenvalue weighted by molar-refractivity contribution is -0.137. The van der Waals surface area contributed by atoms with Gasteiger partial charge in [-0.05, 0) is 33.8 Å². The molecule has 0 fully saturated rings. The normalized spacial score (nSPS) is 12.1. The molecule has 0 aromatic carbocycles. The SMILES string of the molecule is CCNC(=NCC(=O)NC(C)(C)C)NCCOc1ncc(C(F)(F)F)cc1Cl.I. The van der Waals surface area contributed by atoms with E-state index in [1.54, 1.807) is 0 Å². The minimum absolute atomic E-state index is 0. The number of aliphatic imine (C=N–C) groups is 1. The van der Waals surface area contributed by atoms with Gasteiger partial charge in [0.05, 0.1) is 12.1 Å². The summed E-state index contributed by atoms with van der Waals surface area (Å²) in [4.78, 5) is 19.6. The summed E-state index contributed by atoms with van der Waals surface area (Å²) in [5, 5.41) is 8.49. The molecule has 29 heavy (non-hydrogen) atoms. The first kappa shape index (κ1) is 27.5. The second-order valence-electron chi connectivity index (χ2n) is 6.78. The highest BCUT2D eigenvalue weighted by atomic mass is 127. The minimum atomic E-state index is -4.52. The van der Waals surface area contributed by atoms with Crippen LogP contribution in [-0.2, 0) is 11.0 Å². The number of ether oxygens (including phenoxy) is 1. The van der Waals surface area contributed by atoms with Crippen LogP contribution in [0.25, 0.3) is 0 Å². The number of aromatic nitrogens is 1. The van der Waals surface area contributed by atoms with Gasteiger partial charge in [0.25, 0.3) is 0 Å². The standard InChI is InChI=1S/C17H25ClF3N5O2.HI/c1-5-22-15(25-10-13(27)26-16(2,3)4)23-6-7-28-14-12(18)8-11(9-24-14)17(19,20)21;/h8-9H,5-7,10H2,1-4H3,(H,26,27)(H2,22,23,25);1H. The Labute approximate surface area is 190 Å². The van der Waals surface area contributed by atoms with E-state index in [-0.39, 0.29) is 66.0 Å². The highest BCUT2D eigenvalue weighted by Gasteiger charge is 2.31. The molecule has 0 aliphatic rings. The lowest BCUT2D eigenvalue weighted by atomic mass is 10.1. The number of halogens is 5. The maximum Gasteiger partial charge on any atom is 0.417 e. The van der Waals surface area contributed by atoms with E-state index in [1.165, 1.54) is 0 Å². The molecule has 0 saturated heterocycles. The van der Waals surface area contributed by atoms with Gasteiger partial charge in [0.2, 0.25) is 11.8 Å². The molecule has 1 aromatic heterocycles. The quantitative estimate of drug-likeness (QED) is 0.210. The molecule has 12 heteroatoms. The van der Waals surface area contributed by atoms with Gasteiger partial charge >= 0.3 is 6.18 Å². The van der Waals surface area contributed by atoms with E-state index in [0.717, 1.165) is 6.07 Å². The van der Waals surface area contributed by atoms with E-state index in [0.29, 0.717) is 18.7 Å². The number of alkyl halides is 3. The average molecular weight is 552 g/mol. The molecule has 0 spiro atoms. The molecule has 7 nitrogen and oxygen atoms in total. The number of carbonyl (C=O) groups is 1. The zero-order valence-corrected chi connectivity index (χ0v) is 19.7. The van der Waals surface area contributed by atoms with E-state index in [9.17, 15) is 18.0 Å². The Kier molecular flexibility index (Phi) is 11.6. The van der Waals surface area contributed by atoms with Gasteiger partial charge in [0.15, 0.2) is 5.96 Å². The molecule has 166 valence electrons. The first-order valence-electron chi connectivity index (χ1n) is 8.61. The third kappa shape index (κ3) is 11.3. The average Bonchev–Trinajstić information content (AvgIpc) is 2.55. The molecule has 0 aliphatic carbocycles. The fraction of sp³-hybridized carbons (Fsp3) is 0.588. The van der Waals surface area contributed by atoms with Crippen molar-refractivity contribution in [3.05, 3.63) is 22.8 Å². The van der Waals surface area contributed by atoms with Crippen LogP contribution in [0.3, 0.4) is 0 Å². The number of pyridine rings is 1. The van der Waals surface area contributed by atoms with E-state index >= 15 is 0 Å². The summed E-state index contributed by atoms with van der Waals surface area (Å²) in [6, 6.07) is 0.761. The van der Waals surface area contributed by atoms with E-state index in [4.69, 9.17) is 16.3 Å². The Morgan fingerprint density at radius 1 is 1.28 bits per heavy atom. The summed E-state index contributed by atoms with van der Waals surface area (Å²) < 4.78 is 43.1. The molecular weight excluding hydrogens is 526 g/mol. The zero-order chi connectivity index (χ0) is 21.4. The highest BCUT2D eigenvalue weighted by Crippen LogP contribution is 2.32. The Morgan fingerprint density at radius 3 is 2.45 bits per heavy atom. The predicted octanol–water partition coefficient (Wildman–Crippen LogP) is 3.22. The van der Waals surface area contributed by atoms with Crippen molar-refractivity contribution in [1.82, 2.24) is 20.9 Å². The number of hydrogen-bond donors (Lipinski definition) is 3. The monoisotopic (exact) mass is 551 g/mol. The lowest BCUT2D eigenvalue weighted by Gasteiger charge is -2.20. The lowest BCUT2D eigenvalue weighted by Crippen LogP contribution is -2.43. The van der Waals surface area contributed by atoms with Crippen molar-refractivity contribution in [1.29, 1.82) is 0 Å². The molecule has 0 radical (unpaired) electrons. The number of carbonyl (C=O) groups excluding carboxylic acids is 1. The van der Waals surface area contributed by atoms with Crippen LogP contribution in [0.1, 0.15) is 33.3 Å². The Balaban J connectivity index is 0.00000784. The molecule has 0 bridgehead atoms. The fourth-order valence-electron chi connectivity index (χ4n) is 1.95. The summed E-state index contributed by atoms with van der Waals surface area (Å²) in [6.45, 7) is 8.36. The molecule has 1 heterocycles. The number of hydrogen-bond acceptors (Lipinski definition) is 4. The van der Waals surface area contributed by atoms with Crippen molar-refractivity contribution in [3.63, 3.8) is 0 Å². The second kappa shape index (κ2) is 12.3. The van der Waals surface area contributed by atoms with Crippen LogP contribution in [0.5, 0.6) is 5.88 Å². The number of amides is 1. The fourth-order valence-corrected chi connectivity index (χ4v) is 2.18. The predicted molar refractivity (Wildman–Crippen MR) is 117 cm³/mol. The van der Waals surface area contributed by atoms with Crippen molar-refractivity contribution < 1.29 is 22.7 Å². The number of nitrogens with zero attached hydrogens (tertiary/aromatic N) is 2. The van der Waals surface area contributed by atoms with E-state index in [2.05, 4.69) is 25.9 Å². The van der Waals surface area contributed by atoms with Crippen molar-refractivity contribution in [2.45, 2.75) is 39.4 Å².